The Balaban J connectivity index is 2.67. The number of ether oxygens (including phenoxy) is 1. The number of rotatable bonds is 4. The molecule has 0 spiro atoms. The fourth-order valence-electron chi connectivity index (χ4n) is 1.14. The molecule has 1 heterocycles. The molecule has 0 atom stereocenters. The molecule has 0 radical (unpaired) electrons. The molecule has 3 nitrogen and oxygen atoms in total. The molecule has 72 valence electrons. The fraction of sp³-hybridized carbons (Fsp3) is 0.500. The van der Waals surface area contributed by atoms with Crippen molar-refractivity contribution in [2.45, 2.75) is 13.5 Å². The standard InChI is InChI=1S/C10H16N2O/c1-4-13-10-7-9(5-6-11-10)8-12(2)3/h5-7H,4,8H2,1-3H3. The van der Waals surface area contributed by atoms with Crippen molar-refractivity contribution in [3.63, 3.8) is 0 Å². The molecule has 0 saturated heterocycles. The summed E-state index contributed by atoms with van der Waals surface area (Å²) in [5.41, 5.74) is 1.23. The normalized spacial score (nSPS) is 10.5. The maximum atomic E-state index is 5.30. The van der Waals surface area contributed by atoms with Crippen molar-refractivity contribution in [3.05, 3.63) is 23.9 Å². The summed E-state index contributed by atoms with van der Waals surface area (Å²) in [6.45, 7) is 3.54. The second-order valence-corrected chi connectivity index (χ2v) is 3.17. The third kappa shape index (κ3) is 3.42. The summed E-state index contributed by atoms with van der Waals surface area (Å²) in [6, 6.07) is 3.98. The van der Waals surface area contributed by atoms with Crippen molar-refractivity contribution in [3.8, 4) is 5.88 Å². The van der Waals surface area contributed by atoms with Gasteiger partial charge in [0.1, 0.15) is 0 Å². The molecule has 1 rings (SSSR count). The summed E-state index contributed by atoms with van der Waals surface area (Å²) in [7, 11) is 4.08. The van der Waals surface area contributed by atoms with Crippen LogP contribution in [0.15, 0.2) is 18.3 Å². The summed E-state index contributed by atoms with van der Waals surface area (Å²) in [5.74, 6) is 0.710. The van der Waals surface area contributed by atoms with Crippen molar-refractivity contribution in [2.75, 3.05) is 20.7 Å². The highest BCUT2D eigenvalue weighted by atomic mass is 16.5. The van der Waals surface area contributed by atoms with Gasteiger partial charge in [0, 0.05) is 18.8 Å². The van der Waals surface area contributed by atoms with Crippen molar-refractivity contribution < 1.29 is 4.74 Å². The van der Waals surface area contributed by atoms with Gasteiger partial charge in [-0.15, -0.1) is 0 Å². The van der Waals surface area contributed by atoms with Crippen LogP contribution in [-0.4, -0.2) is 30.6 Å². The number of aromatic nitrogens is 1. The summed E-state index contributed by atoms with van der Waals surface area (Å²) in [6.07, 6.45) is 1.78. The second-order valence-electron chi connectivity index (χ2n) is 3.17. The molecule has 0 bridgehead atoms. The van der Waals surface area contributed by atoms with Gasteiger partial charge in [-0.2, -0.15) is 0 Å². The van der Waals surface area contributed by atoms with E-state index >= 15 is 0 Å². The molecule has 1 aromatic heterocycles. The van der Waals surface area contributed by atoms with Gasteiger partial charge in [0.25, 0.3) is 0 Å². The van der Waals surface area contributed by atoms with Crippen molar-refractivity contribution in [2.24, 2.45) is 0 Å². The zero-order valence-corrected chi connectivity index (χ0v) is 8.45. The van der Waals surface area contributed by atoms with E-state index in [0.717, 1.165) is 6.54 Å². The van der Waals surface area contributed by atoms with E-state index in [-0.39, 0.29) is 0 Å². The van der Waals surface area contributed by atoms with Gasteiger partial charge in [-0.1, -0.05) is 0 Å². The minimum absolute atomic E-state index is 0.665. The van der Waals surface area contributed by atoms with E-state index in [1.54, 1.807) is 6.20 Å². The average Bonchev–Trinajstić information content (AvgIpc) is 2.04. The van der Waals surface area contributed by atoms with E-state index in [0.29, 0.717) is 12.5 Å². The lowest BCUT2D eigenvalue weighted by Crippen LogP contribution is -2.10. The van der Waals surface area contributed by atoms with E-state index in [9.17, 15) is 0 Å². The van der Waals surface area contributed by atoms with Crippen LogP contribution in [0, 0.1) is 0 Å². The maximum absolute atomic E-state index is 5.30. The van der Waals surface area contributed by atoms with E-state index < -0.39 is 0 Å². The average molecular weight is 180 g/mol. The molecule has 0 fully saturated rings. The lowest BCUT2D eigenvalue weighted by molar-refractivity contribution is 0.325. The Morgan fingerprint density at radius 2 is 2.23 bits per heavy atom. The molecule has 0 amide bonds. The molecular formula is C10H16N2O. The van der Waals surface area contributed by atoms with Crippen LogP contribution in [-0.2, 0) is 6.54 Å². The van der Waals surface area contributed by atoms with Gasteiger partial charge in [-0.05, 0) is 32.6 Å². The lowest BCUT2D eigenvalue weighted by atomic mass is 10.2. The van der Waals surface area contributed by atoms with E-state index in [2.05, 4.69) is 9.88 Å². The zero-order chi connectivity index (χ0) is 9.68. The van der Waals surface area contributed by atoms with Gasteiger partial charge in [0.05, 0.1) is 6.61 Å². The number of hydrogen-bond acceptors (Lipinski definition) is 3. The molecule has 1 aromatic rings. The number of pyridine rings is 1. The van der Waals surface area contributed by atoms with E-state index in [4.69, 9.17) is 4.74 Å². The van der Waals surface area contributed by atoms with Gasteiger partial charge in [-0.3, -0.25) is 0 Å². The van der Waals surface area contributed by atoms with Gasteiger partial charge in [0.2, 0.25) is 5.88 Å². The predicted molar refractivity (Wildman–Crippen MR) is 52.8 cm³/mol. The Hall–Kier alpha value is -1.09. The van der Waals surface area contributed by atoms with Crippen LogP contribution in [0.4, 0.5) is 0 Å². The van der Waals surface area contributed by atoms with Crippen molar-refractivity contribution >= 4 is 0 Å². The molecule has 0 aromatic carbocycles. The Kier molecular flexibility index (Phi) is 3.71. The van der Waals surface area contributed by atoms with Crippen LogP contribution in [0.25, 0.3) is 0 Å². The third-order valence-electron chi connectivity index (χ3n) is 1.59. The molecule has 3 heteroatoms. The topological polar surface area (TPSA) is 25.4 Å². The van der Waals surface area contributed by atoms with Gasteiger partial charge in [0.15, 0.2) is 0 Å². The van der Waals surface area contributed by atoms with E-state index in [1.807, 2.05) is 33.2 Å². The van der Waals surface area contributed by atoms with Crippen LogP contribution < -0.4 is 4.74 Å². The molecule has 13 heavy (non-hydrogen) atoms. The molecule has 0 aliphatic heterocycles. The first-order valence-corrected chi connectivity index (χ1v) is 4.45. The van der Waals surface area contributed by atoms with Crippen molar-refractivity contribution in [1.29, 1.82) is 0 Å². The van der Waals surface area contributed by atoms with Crippen LogP contribution in [0.2, 0.25) is 0 Å². The van der Waals surface area contributed by atoms with Crippen LogP contribution in [0.1, 0.15) is 12.5 Å². The smallest absolute Gasteiger partial charge is 0.213 e. The zero-order valence-electron chi connectivity index (χ0n) is 8.45. The third-order valence-corrected chi connectivity index (χ3v) is 1.59. The van der Waals surface area contributed by atoms with Crippen LogP contribution in [0.5, 0.6) is 5.88 Å². The molecule has 0 aliphatic carbocycles. The largest absolute Gasteiger partial charge is 0.478 e. The highest BCUT2D eigenvalue weighted by Crippen LogP contribution is 2.10. The first-order valence-electron chi connectivity index (χ1n) is 4.45. The first kappa shape index (κ1) is 9.99. The Morgan fingerprint density at radius 1 is 1.46 bits per heavy atom. The van der Waals surface area contributed by atoms with Crippen LogP contribution >= 0.6 is 0 Å². The second kappa shape index (κ2) is 4.82. The lowest BCUT2D eigenvalue weighted by Gasteiger charge is -2.10. The van der Waals surface area contributed by atoms with Gasteiger partial charge in [-0.25, -0.2) is 4.98 Å². The fourth-order valence-corrected chi connectivity index (χ4v) is 1.14. The molecule has 0 N–H and O–H groups in total. The Labute approximate surface area is 79.3 Å². The minimum Gasteiger partial charge on any atom is -0.478 e. The number of nitrogens with zero attached hydrogens (tertiary/aromatic N) is 2. The van der Waals surface area contributed by atoms with Gasteiger partial charge >= 0.3 is 0 Å². The number of hydrogen-bond donors (Lipinski definition) is 0. The summed E-state index contributed by atoms with van der Waals surface area (Å²) in [5, 5.41) is 0. The molecule has 0 saturated carbocycles. The Morgan fingerprint density at radius 3 is 2.85 bits per heavy atom. The molecule has 0 unspecified atom stereocenters. The quantitative estimate of drug-likeness (QED) is 0.702. The highest BCUT2D eigenvalue weighted by molar-refractivity contribution is 5.20. The van der Waals surface area contributed by atoms with Crippen molar-refractivity contribution in [1.82, 2.24) is 9.88 Å². The summed E-state index contributed by atoms with van der Waals surface area (Å²) < 4.78 is 5.30. The highest BCUT2D eigenvalue weighted by Gasteiger charge is 1.98. The summed E-state index contributed by atoms with van der Waals surface area (Å²) in [4.78, 5) is 6.21. The SMILES string of the molecule is CCOc1cc(CN(C)C)ccn1. The Bertz CT molecular complexity index is 261. The minimum atomic E-state index is 0.665. The summed E-state index contributed by atoms with van der Waals surface area (Å²) >= 11 is 0. The molecular weight excluding hydrogens is 164 g/mol. The van der Waals surface area contributed by atoms with E-state index in [1.165, 1.54) is 5.56 Å². The maximum Gasteiger partial charge on any atom is 0.213 e. The predicted octanol–water partition coefficient (Wildman–Crippen LogP) is 1.54. The van der Waals surface area contributed by atoms with Crippen LogP contribution in [0.3, 0.4) is 0 Å². The molecule has 0 aliphatic rings. The first-order chi connectivity index (χ1) is 6.22. The van der Waals surface area contributed by atoms with Gasteiger partial charge < -0.3 is 9.64 Å². The monoisotopic (exact) mass is 180 g/mol.